The highest BCUT2D eigenvalue weighted by atomic mass is 32.1. The minimum atomic E-state index is 0.0226. The van der Waals surface area contributed by atoms with E-state index in [1.165, 1.54) is 0 Å². The minimum Gasteiger partial charge on any atom is -0.489 e. The Balaban J connectivity index is 1.11. The molecule has 10 heteroatoms. The lowest BCUT2D eigenvalue weighted by molar-refractivity contribution is 0.0615. The zero-order chi connectivity index (χ0) is 23.5. The van der Waals surface area contributed by atoms with E-state index >= 15 is 0 Å². The summed E-state index contributed by atoms with van der Waals surface area (Å²) >= 11 is 1.60. The molecule has 1 fully saturated rings. The van der Waals surface area contributed by atoms with Crippen molar-refractivity contribution in [3.05, 3.63) is 69.6 Å². The second kappa shape index (κ2) is 9.78. The van der Waals surface area contributed by atoms with E-state index < -0.39 is 0 Å². The van der Waals surface area contributed by atoms with Crippen LogP contribution in [0.1, 0.15) is 33.3 Å². The zero-order valence-electron chi connectivity index (χ0n) is 19.1. The van der Waals surface area contributed by atoms with Gasteiger partial charge in [0.05, 0.1) is 17.8 Å². The van der Waals surface area contributed by atoms with Gasteiger partial charge in [-0.05, 0) is 49.6 Å². The van der Waals surface area contributed by atoms with Crippen molar-refractivity contribution in [2.45, 2.75) is 27.0 Å². The number of nitrogens with zero attached hydrogens (tertiary/aromatic N) is 5. The van der Waals surface area contributed by atoms with Gasteiger partial charge < -0.3 is 18.7 Å². The lowest BCUT2D eigenvalue weighted by atomic mass is 10.1. The molecule has 1 saturated heterocycles. The fourth-order valence-corrected chi connectivity index (χ4v) is 4.50. The molecule has 0 saturated carbocycles. The molecule has 1 aliphatic heterocycles. The van der Waals surface area contributed by atoms with E-state index in [1.54, 1.807) is 11.3 Å². The average molecular weight is 480 g/mol. The highest BCUT2D eigenvalue weighted by molar-refractivity contribution is 7.08. The highest BCUT2D eigenvalue weighted by Crippen LogP contribution is 2.21. The summed E-state index contributed by atoms with van der Waals surface area (Å²) in [5.74, 6) is 2.68. The number of carbonyl (C=O) groups is 1. The smallest absolute Gasteiger partial charge is 0.253 e. The lowest BCUT2D eigenvalue weighted by Crippen LogP contribution is -2.48. The Hall–Kier alpha value is -3.50. The first kappa shape index (κ1) is 22.3. The fourth-order valence-electron chi connectivity index (χ4n) is 3.87. The van der Waals surface area contributed by atoms with Gasteiger partial charge in [-0.25, -0.2) is 0 Å². The predicted molar refractivity (Wildman–Crippen MR) is 126 cm³/mol. The molecule has 1 aliphatic rings. The lowest BCUT2D eigenvalue weighted by Gasteiger charge is -2.34. The number of rotatable bonds is 7. The Bertz CT molecular complexity index is 1220. The van der Waals surface area contributed by atoms with Crippen molar-refractivity contribution < 1.29 is 18.6 Å². The zero-order valence-corrected chi connectivity index (χ0v) is 19.9. The van der Waals surface area contributed by atoms with Crippen molar-refractivity contribution >= 4 is 17.2 Å². The Morgan fingerprint density at radius 2 is 1.85 bits per heavy atom. The van der Waals surface area contributed by atoms with E-state index in [4.69, 9.17) is 13.8 Å². The highest BCUT2D eigenvalue weighted by Gasteiger charge is 2.23. The van der Waals surface area contributed by atoms with Crippen molar-refractivity contribution in [3.8, 4) is 17.1 Å². The van der Waals surface area contributed by atoms with E-state index in [0.29, 0.717) is 49.3 Å². The van der Waals surface area contributed by atoms with Gasteiger partial charge in [-0.2, -0.15) is 16.3 Å². The van der Waals surface area contributed by atoms with Crippen LogP contribution in [0.5, 0.6) is 5.75 Å². The fraction of sp³-hybridized carbons (Fsp3) is 0.333. The summed E-state index contributed by atoms with van der Waals surface area (Å²) in [5.41, 5.74) is 3.39. The van der Waals surface area contributed by atoms with Crippen LogP contribution in [-0.4, -0.2) is 57.2 Å². The van der Waals surface area contributed by atoms with Gasteiger partial charge in [0.25, 0.3) is 5.91 Å². The molecule has 1 amide bonds. The number of aromatic nitrogens is 3. The number of carbonyl (C=O) groups excluding carboxylic acids is 1. The first-order valence-corrected chi connectivity index (χ1v) is 12.0. The molecule has 9 nitrogen and oxygen atoms in total. The van der Waals surface area contributed by atoms with E-state index in [2.05, 4.69) is 20.2 Å². The summed E-state index contributed by atoms with van der Waals surface area (Å²) in [5, 5.41) is 12.0. The molecule has 176 valence electrons. The van der Waals surface area contributed by atoms with Crippen molar-refractivity contribution in [2.75, 3.05) is 26.2 Å². The number of amides is 1. The molecular formula is C24H25N5O4S. The molecule has 5 rings (SSSR count). The van der Waals surface area contributed by atoms with Crippen LogP contribution in [-0.2, 0) is 13.2 Å². The number of ether oxygens (including phenoxy) is 1. The predicted octanol–water partition coefficient (Wildman–Crippen LogP) is 3.94. The van der Waals surface area contributed by atoms with Crippen LogP contribution < -0.4 is 4.74 Å². The van der Waals surface area contributed by atoms with Crippen LogP contribution in [0.15, 0.2) is 50.1 Å². The van der Waals surface area contributed by atoms with Crippen LogP contribution in [0, 0.1) is 13.8 Å². The first-order chi connectivity index (χ1) is 16.6. The number of hydrogen-bond acceptors (Lipinski definition) is 9. The Kier molecular flexibility index (Phi) is 6.41. The van der Waals surface area contributed by atoms with Gasteiger partial charge in [0.2, 0.25) is 11.7 Å². The molecule has 0 N–H and O–H groups in total. The molecule has 34 heavy (non-hydrogen) atoms. The normalized spacial score (nSPS) is 14.5. The minimum absolute atomic E-state index is 0.0226. The standard InChI is InChI=1S/C24H25N5O4S/c1-16-21(17(2)32-26-16)14-31-20-5-3-18(4-6-20)24(30)29-10-8-28(9-11-29)13-22-25-23(27-33-22)19-7-12-34-15-19/h3-7,12,15H,8-11,13-14H2,1-2H3. The molecule has 4 heterocycles. The average Bonchev–Trinajstić information content (AvgIpc) is 3.61. The van der Waals surface area contributed by atoms with Gasteiger partial charge in [0.1, 0.15) is 18.1 Å². The maximum Gasteiger partial charge on any atom is 0.253 e. The largest absolute Gasteiger partial charge is 0.489 e. The Morgan fingerprint density at radius 3 is 2.53 bits per heavy atom. The summed E-state index contributed by atoms with van der Waals surface area (Å²) in [4.78, 5) is 21.5. The second-order valence-corrected chi connectivity index (χ2v) is 8.99. The topological polar surface area (TPSA) is 97.7 Å². The maximum atomic E-state index is 13.0. The Morgan fingerprint density at radius 1 is 1.06 bits per heavy atom. The number of aryl methyl sites for hydroxylation is 2. The molecule has 0 bridgehead atoms. The summed E-state index contributed by atoms with van der Waals surface area (Å²) < 4.78 is 16.4. The van der Waals surface area contributed by atoms with Crippen molar-refractivity contribution in [1.29, 1.82) is 0 Å². The van der Waals surface area contributed by atoms with Crippen LogP contribution >= 0.6 is 11.3 Å². The van der Waals surface area contributed by atoms with Gasteiger partial charge >= 0.3 is 0 Å². The van der Waals surface area contributed by atoms with Crippen molar-refractivity contribution in [1.82, 2.24) is 25.1 Å². The summed E-state index contributed by atoms with van der Waals surface area (Å²) in [6.07, 6.45) is 0. The van der Waals surface area contributed by atoms with E-state index in [1.807, 2.05) is 59.8 Å². The third kappa shape index (κ3) is 4.87. The molecular weight excluding hydrogens is 454 g/mol. The molecule has 3 aromatic heterocycles. The molecule has 0 atom stereocenters. The van der Waals surface area contributed by atoms with Gasteiger partial charge in [-0.1, -0.05) is 10.3 Å². The molecule has 0 aliphatic carbocycles. The van der Waals surface area contributed by atoms with Crippen molar-refractivity contribution in [3.63, 3.8) is 0 Å². The summed E-state index contributed by atoms with van der Waals surface area (Å²) in [6.45, 7) is 7.51. The van der Waals surface area contributed by atoms with E-state index in [0.717, 1.165) is 35.7 Å². The van der Waals surface area contributed by atoms with Crippen LogP contribution in [0.2, 0.25) is 0 Å². The monoisotopic (exact) mass is 479 g/mol. The first-order valence-electron chi connectivity index (χ1n) is 11.1. The molecule has 0 spiro atoms. The van der Waals surface area contributed by atoms with E-state index in [9.17, 15) is 4.79 Å². The third-order valence-corrected chi connectivity index (χ3v) is 6.61. The molecule has 4 aromatic rings. The number of piperazine rings is 1. The summed E-state index contributed by atoms with van der Waals surface area (Å²) in [7, 11) is 0. The van der Waals surface area contributed by atoms with Gasteiger partial charge in [-0.15, -0.1) is 0 Å². The molecule has 1 aromatic carbocycles. The SMILES string of the molecule is Cc1noc(C)c1COc1ccc(C(=O)N2CCN(Cc3nc(-c4ccsc4)no3)CC2)cc1. The third-order valence-electron chi connectivity index (χ3n) is 5.93. The van der Waals surface area contributed by atoms with Crippen molar-refractivity contribution in [2.24, 2.45) is 0 Å². The molecule has 0 unspecified atom stereocenters. The van der Waals surface area contributed by atoms with Crippen LogP contribution in [0.25, 0.3) is 11.4 Å². The van der Waals surface area contributed by atoms with Crippen LogP contribution in [0.3, 0.4) is 0 Å². The number of thiophene rings is 1. The maximum absolute atomic E-state index is 13.0. The van der Waals surface area contributed by atoms with E-state index in [-0.39, 0.29) is 5.91 Å². The second-order valence-electron chi connectivity index (χ2n) is 8.21. The van der Waals surface area contributed by atoms with Gasteiger partial charge in [0.15, 0.2) is 0 Å². The van der Waals surface area contributed by atoms with Gasteiger partial charge in [-0.3, -0.25) is 9.69 Å². The van der Waals surface area contributed by atoms with Crippen LogP contribution in [0.4, 0.5) is 0 Å². The number of benzene rings is 1. The summed E-state index contributed by atoms with van der Waals surface area (Å²) in [6, 6.07) is 9.23. The quantitative estimate of drug-likeness (QED) is 0.393. The number of hydrogen-bond donors (Lipinski definition) is 0. The molecule has 0 radical (unpaired) electrons. The van der Waals surface area contributed by atoms with Gasteiger partial charge in [0, 0.05) is 42.7 Å². The Labute approximate surface area is 200 Å².